The second kappa shape index (κ2) is 4.41. The van der Waals surface area contributed by atoms with E-state index in [-0.39, 0.29) is 12.8 Å². The van der Waals surface area contributed by atoms with Crippen LogP contribution < -0.4 is 0 Å². The minimum Gasteiger partial charge on any atom is -0.384 e. The fourth-order valence-corrected chi connectivity index (χ4v) is 1.79. The largest absolute Gasteiger partial charge is 0.414 e. The van der Waals surface area contributed by atoms with Crippen LogP contribution in [0, 0.1) is 0 Å². The van der Waals surface area contributed by atoms with Crippen molar-refractivity contribution in [3.63, 3.8) is 0 Å². The Morgan fingerprint density at radius 3 is 2.65 bits per heavy atom. The number of para-hydroxylation sites is 1. The number of aliphatic hydroxyl groups excluding tert-OH is 1. The third kappa shape index (κ3) is 2.61. The summed E-state index contributed by atoms with van der Waals surface area (Å²) in [4.78, 5) is 2.99. The van der Waals surface area contributed by atoms with Crippen LogP contribution in [0.25, 0.3) is 10.9 Å². The smallest absolute Gasteiger partial charge is 0.384 e. The number of aryl methyl sites for hydroxylation is 1. The topological polar surface area (TPSA) is 36.0 Å². The molecule has 0 saturated heterocycles. The number of benzene rings is 1. The van der Waals surface area contributed by atoms with Crippen molar-refractivity contribution in [2.45, 2.75) is 25.1 Å². The summed E-state index contributed by atoms with van der Waals surface area (Å²) in [5.74, 6) is 0. The molecule has 0 aliphatic rings. The van der Waals surface area contributed by atoms with Gasteiger partial charge in [-0.25, -0.2) is 0 Å². The van der Waals surface area contributed by atoms with Gasteiger partial charge in [0.2, 0.25) is 0 Å². The lowest BCUT2D eigenvalue weighted by molar-refractivity contribution is -0.205. The number of nitrogens with one attached hydrogen (secondary N) is 1. The SMILES string of the molecule is OC(CCc1c[nH]c2ccccc12)C(F)(F)F. The Hall–Kier alpha value is -1.49. The molecule has 0 amide bonds. The van der Waals surface area contributed by atoms with Crippen LogP contribution >= 0.6 is 0 Å². The third-order valence-electron chi connectivity index (χ3n) is 2.74. The first-order valence-electron chi connectivity index (χ1n) is 5.28. The van der Waals surface area contributed by atoms with Crippen LogP contribution in [0.5, 0.6) is 0 Å². The summed E-state index contributed by atoms with van der Waals surface area (Å²) in [6.45, 7) is 0. The molecule has 1 aromatic carbocycles. The Balaban J connectivity index is 2.09. The number of aromatic amines is 1. The maximum absolute atomic E-state index is 12.1. The molecule has 1 aromatic heterocycles. The summed E-state index contributed by atoms with van der Waals surface area (Å²) >= 11 is 0. The van der Waals surface area contributed by atoms with Crippen LogP contribution in [-0.2, 0) is 6.42 Å². The van der Waals surface area contributed by atoms with Gasteiger partial charge in [-0.05, 0) is 24.5 Å². The molecule has 0 aliphatic carbocycles. The molecule has 0 spiro atoms. The average molecular weight is 243 g/mol. The highest BCUT2D eigenvalue weighted by atomic mass is 19.4. The van der Waals surface area contributed by atoms with E-state index >= 15 is 0 Å². The van der Waals surface area contributed by atoms with Gasteiger partial charge in [-0.3, -0.25) is 0 Å². The predicted octanol–water partition coefficient (Wildman–Crippen LogP) is 3.02. The third-order valence-corrected chi connectivity index (χ3v) is 2.74. The molecule has 2 N–H and O–H groups in total. The summed E-state index contributed by atoms with van der Waals surface area (Å²) < 4.78 is 36.4. The molecule has 17 heavy (non-hydrogen) atoms. The number of fused-ring (bicyclic) bond motifs is 1. The second-order valence-corrected chi connectivity index (χ2v) is 3.96. The van der Waals surface area contributed by atoms with Crippen LogP contribution in [0.4, 0.5) is 13.2 Å². The van der Waals surface area contributed by atoms with Gasteiger partial charge in [0.1, 0.15) is 6.10 Å². The summed E-state index contributed by atoms with van der Waals surface area (Å²) in [6, 6.07) is 7.40. The van der Waals surface area contributed by atoms with Crippen LogP contribution in [0.1, 0.15) is 12.0 Å². The normalized spacial score (nSPS) is 14.1. The molecular formula is C12H12F3NO. The maximum Gasteiger partial charge on any atom is 0.414 e. The van der Waals surface area contributed by atoms with E-state index in [0.29, 0.717) is 0 Å². The van der Waals surface area contributed by atoms with Crippen LogP contribution in [0.3, 0.4) is 0 Å². The minimum absolute atomic E-state index is 0.199. The van der Waals surface area contributed by atoms with Gasteiger partial charge in [0.15, 0.2) is 0 Å². The van der Waals surface area contributed by atoms with Crippen LogP contribution in [0.15, 0.2) is 30.5 Å². The van der Waals surface area contributed by atoms with Crippen molar-refractivity contribution in [2.75, 3.05) is 0 Å². The van der Waals surface area contributed by atoms with Crippen molar-refractivity contribution < 1.29 is 18.3 Å². The van der Waals surface area contributed by atoms with Crippen LogP contribution in [-0.4, -0.2) is 22.4 Å². The standard InChI is InChI=1S/C12H12F3NO/c13-12(14,15)11(17)6-5-8-7-16-10-4-2-1-3-9(8)10/h1-4,7,11,16-17H,5-6H2. The van der Waals surface area contributed by atoms with Gasteiger partial charge in [-0.1, -0.05) is 18.2 Å². The first kappa shape index (κ1) is 12.0. The highest BCUT2D eigenvalue weighted by Crippen LogP contribution is 2.25. The predicted molar refractivity (Wildman–Crippen MR) is 58.7 cm³/mol. The molecule has 92 valence electrons. The molecule has 0 radical (unpaired) electrons. The maximum atomic E-state index is 12.1. The lowest BCUT2D eigenvalue weighted by atomic mass is 10.1. The number of halogens is 3. The molecule has 2 aromatic rings. The van der Waals surface area contributed by atoms with Gasteiger partial charge in [-0.15, -0.1) is 0 Å². The van der Waals surface area contributed by atoms with Gasteiger partial charge in [0.25, 0.3) is 0 Å². The number of hydrogen-bond donors (Lipinski definition) is 2. The van der Waals surface area contributed by atoms with Crippen molar-refractivity contribution in [3.05, 3.63) is 36.0 Å². The number of alkyl halides is 3. The zero-order valence-electron chi connectivity index (χ0n) is 8.96. The quantitative estimate of drug-likeness (QED) is 0.854. The first-order chi connectivity index (χ1) is 7.98. The fraction of sp³-hybridized carbons (Fsp3) is 0.333. The Kier molecular flexibility index (Phi) is 3.11. The summed E-state index contributed by atoms with van der Waals surface area (Å²) in [7, 11) is 0. The summed E-state index contributed by atoms with van der Waals surface area (Å²) in [5.41, 5.74) is 1.69. The van der Waals surface area contributed by atoms with Gasteiger partial charge >= 0.3 is 6.18 Å². The Morgan fingerprint density at radius 2 is 1.94 bits per heavy atom. The van der Waals surface area contributed by atoms with Crippen molar-refractivity contribution >= 4 is 10.9 Å². The zero-order valence-corrected chi connectivity index (χ0v) is 8.96. The fourth-order valence-electron chi connectivity index (χ4n) is 1.79. The summed E-state index contributed by atoms with van der Waals surface area (Å²) in [6.07, 6.45) is -5.22. The Bertz CT molecular complexity index is 504. The highest BCUT2D eigenvalue weighted by Gasteiger charge is 2.37. The van der Waals surface area contributed by atoms with Crippen molar-refractivity contribution in [1.29, 1.82) is 0 Å². The van der Waals surface area contributed by atoms with Crippen molar-refractivity contribution in [2.24, 2.45) is 0 Å². The average Bonchev–Trinajstić information content (AvgIpc) is 2.68. The van der Waals surface area contributed by atoms with E-state index in [1.165, 1.54) is 0 Å². The number of H-pyrrole nitrogens is 1. The molecule has 0 fully saturated rings. The van der Waals surface area contributed by atoms with Gasteiger partial charge in [-0.2, -0.15) is 13.2 Å². The van der Waals surface area contributed by atoms with Crippen molar-refractivity contribution in [3.8, 4) is 0 Å². The molecule has 2 nitrogen and oxygen atoms in total. The van der Waals surface area contributed by atoms with E-state index < -0.39 is 12.3 Å². The first-order valence-corrected chi connectivity index (χ1v) is 5.28. The number of rotatable bonds is 3. The van der Waals surface area contributed by atoms with Crippen LogP contribution in [0.2, 0.25) is 0 Å². The molecule has 0 bridgehead atoms. The molecule has 1 atom stereocenters. The Morgan fingerprint density at radius 1 is 1.24 bits per heavy atom. The van der Waals surface area contributed by atoms with E-state index in [1.54, 1.807) is 6.20 Å². The van der Waals surface area contributed by atoms with E-state index in [4.69, 9.17) is 5.11 Å². The zero-order chi connectivity index (χ0) is 12.5. The van der Waals surface area contributed by atoms with E-state index in [9.17, 15) is 13.2 Å². The van der Waals surface area contributed by atoms with Gasteiger partial charge in [0, 0.05) is 17.1 Å². The van der Waals surface area contributed by atoms with Gasteiger partial charge in [0.05, 0.1) is 0 Å². The molecule has 2 rings (SSSR count). The molecule has 1 heterocycles. The minimum atomic E-state index is -4.54. The number of aliphatic hydroxyl groups is 1. The van der Waals surface area contributed by atoms with Crippen molar-refractivity contribution in [1.82, 2.24) is 4.98 Å². The highest BCUT2D eigenvalue weighted by molar-refractivity contribution is 5.82. The summed E-state index contributed by atoms with van der Waals surface area (Å²) in [5, 5.41) is 9.83. The molecule has 1 unspecified atom stereocenters. The molecular weight excluding hydrogens is 231 g/mol. The molecule has 5 heteroatoms. The number of aromatic nitrogens is 1. The van der Waals surface area contributed by atoms with E-state index in [2.05, 4.69) is 4.98 Å². The lowest BCUT2D eigenvalue weighted by Gasteiger charge is -2.13. The molecule has 0 saturated carbocycles. The van der Waals surface area contributed by atoms with Gasteiger partial charge < -0.3 is 10.1 Å². The van der Waals surface area contributed by atoms with E-state index in [1.807, 2.05) is 24.3 Å². The monoisotopic (exact) mass is 243 g/mol. The lowest BCUT2D eigenvalue weighted by Crippen LogP contribution is -2.28. The number of hydrogen-bond acceptors (Lipinski definition) is 1. The molecule has 0 aliphatic heterocycles. The van der Waals surface area contributed by atoms with E-state index in [0.717, 1.165) is 16.5 Å². The Labute approximate surface area is 96.1 Å². The second-order valence-electron chi connectivity index (χ2n) is 3.96.